The molecule has 7 atom stereocenters. The van der Waals surface area contributed by atoms with Gasteiger partial charge in [0.1, 0.15) is 24.4 Å². The highest BCUT2D eigenvalue weighted by Gasteiger charge is 2.44. The third kappa shape index (κ3) is 29.7. The standard InChI is InChI=1S/C48H93NO8/c1-3-5-7-9-11-13-15-16-17-18-19-20-21-22-23-24-25-26-28-30-32-34-36-38-44(52)49-41(40-56-48-47(55)46(54)45(53)43(39-50)57-48)42(51)37-35-33-31-29-27-14-12-10-8-6-4-2/h22-23,41-43,45-48,50-51,53-55H,3-21,24-40H2,1-2H3,(H,49,52)/b23-22-. The molecule has 1 aliphatic rings. The maximum Gasteiger partial charge on any atom is 0.220 e. The van der Waals surface area contributed by atoms with Crippen molar-refractivity contribution < 1.29 is 39.8 Å². The highest BCUT2D eigenvalue weighted by molar-refractivity contribution is 5.76. The van der Waals surface area contributed by atoms with Gasteiger partial charge in [0.05, 0.1) is 25.4 Å². The fraction of sp³-hybridized carbons (Fsp3) is 0.938. The first-order valence-corrected chi connectivity index (χ1v) is 24.4. The van der Waals surface area contributed by atoms with Crippen molar-refractivity contribution in [3.05, 3.63) is 12.2 Å². The normalized spacial score (nSPS) is 21.0. The molecule has 6 N–H and O–H groups in total. The third-order valence-corrected chi connectivity index (χ3v) is 11.9. The lowest BCUT2D eigenvalue weighted by Crippen LogP contribution is -2.60. The van der Waals surface area contributed by atoms with Gasteiger partial charge in [0, 0.05) is 6.42 Å². The first-order chi connectivity index (χ1) is 27.8. The number of amides is 1. The summed E-state index contributed by atoms with van der Waals surface area (Å²) >= 11 is 0. The van der Waals surface area contributed by atoms with E-state index >= 15 is 0 Å². The van der Waals surface area contributed by atoms with Gasteiger partial charge in [-0.3, -0.25) is 4.79 Å². The number of ether oxygens (including phenoxy) is 2. The van der Waals surface area contributed by atoms with Crippen LogP contribution in [0.5, 0.6) is 0 Å². The van der Waals surface area contributed by atoms with Gasteiger partial charge in [-0.25, -0.2) is 0 Å². The lowest BCUT2D eigenvalue weighted by Gasteiger charge is -2.40. The predicted molar refractivity (Wildman–Crippen MR) is 235 cm³/mol. The predicted octanol–water partition coefficient (Wildman–Crippen LogP) is 10.5. The Kier molecular flexibility index (Phi) is 37.0. The van der Waals surface area contributed by atoms with Crippen molar-refractivity contribution in [2.75, 3.05) is 13.2 Å². The zero-order chi connectivity index (χ0) is 41.6. The van der Waals surface area contributed by atoms with Gasteiger partial charge < -0.3 is 40.3 Å². The molecule has 1 aliphatic heterocycles. The summed E-state index contributed by atoms with van der Waals surface area (Å²) in [4.78, 5) is 13.0. The van der Waals surface area contributed by atoms with Crippen LogP contribution >= 0.6 is 0 Å². The van der Waals surface area contributed by atoms with Gasteiger partial charge in [-0.05, 0) is 38.5 Å². The highest BCUT2D eigenvalue weighted by atomic mass is 16.7. The van der Waals surface area contributed by atoms with E-state index < -0.39 is 49.5 Å². The van der Waals surface area contributed by atoms with Crippen molar-refractivity contribution in [3.8, 4) is 0 Å². The van der Waals surface area contributed by atoms with Gasteiger partial charge in [-0.1, -0.05) is 199 Å². The lowest BCUT2D eigenvalue weighted by atomic mass is 9.99. The largest absolute Gasteiger partial charge is 0.394 e. The van der Waals surface area contributed by atoms with Gasteiger partial charge in [0.15, 0.2) is 6.29 Å². The summed E-state index contributed by atoms with van der Waals surface area (Å²) in [7, 11) is 0. The summed E-state index contributed by atoms with van der Waals surface area (Å²) < 4.78 is 11.2. The molecule has 7 unspecified atom stereocenters. The van der Waals surface area contributed by atoms with Crippen LogP contribution < -0.4 is 5.32 Å². The molecular formula is C48H93NO8. The van der Waals surface area contributed by atoms with E-state index in [2.05, 4.69) is 31.3 Å². The number of rotatable bonds is 41. The van der Waals surface area contributed by atoms with E-state index in [4.69, 9.17) is 9.47 Å². The number of unbranched alkanes of at least 4 members (excludes halogenated alkanes) is 29. The Morgan fingerprint density at radius 3 is 1.42 bits per heavy atom. The molecule has 9 heteroatoms. The molecule has 1 rings (SSSR count). The van der Waals surface area contributed by atoms with Crippen molar-refractivity contribution in [3.63, 3.8) is 0 Å². The fourth-order valence-electron chi connectivity index (χ4n) is 7.92. The maximum absolute atomic E-state index is 13.0. The van der Waals surface area contributed by atoms with Crippen LogP contribution in [0.2, 0.25) is 0 Å². The minimum Gasteiger partial charge on any atom is -0.394 e. The Balaban J connectivity index is 2.23. The van der Waals surface area contributed by atoms with E-state index in [1.807, 2.05) is 0 Å². The number of carbonyl (C=O) groups is 1. The summed E-state index contributed by atoms with van der Waals surface area (Å²) in [5.74, 6) is -0.148. The SMILES string of the molecule is CCCCCCCCCCCCCC/C=C\CCCCCCCCCC(=O)NC(COC1OC(CO)C(O)C(O)C1O)C(O)CCCCCCCCCCCCC. The van der Waals surface area contributed by atoms with E-state index in [9.17, 15) is 30.3 Å². The van der Waals surface area contributed by atoms with Crippen molar-refractivity contribution >= 4 is 5.91 Å². The second-order valence-corrected chi connectivity index (χ2v) is 17.3. The van der Waals surface area contributed by atoms with Crippen molar-refractivity contribution in [1.29, 1.82) is 0 Å². The molecule has 57 heavy (non-hydrogen) atoms. The number of aliphatic hydroxyl groups excluding tert-OH is 5. The van der Waals surface area contributed by atoms with Crippen LogP contribution in [-0.4, -0.2) is 87.5 Å². The van der Waals surface area contributed by atoms with E-state index in [0.29, 0.717) is 12.8 Å². The third-order valence-electron chi connectivity index (χ3n) is 11.9. The molecule has 338 valence electrons. The van der Waals surface area contributed by atoms with Crippen LogP contribution in [0.4, 0.5) is 0 Å². The van der Waals surface area contributed by atoms with Gasteiger partial charge >= 0.3 is 0 Å². The topological polar surface area (TPSA) is 149 Å². The quantitative estimate of drug-likeness (QED) is 0.0264. The number of carbonyl (C=O) groups excluding carboxylic acids is 1. The van der Waals surface area contributed by atoms with Crippen LogP contribution in [0.15, 0.2) is 12.2 Å². The van der Waals surface area contributed by atoms with Gasteiger partial charge in [0.25, 0.3) is 0 Å². The first-order valence-electron chi connectivity index (χ1n) is 24.4. The number of hydrogen-bond acceptors (Lipinski definition) is 8. The second kappa shape index (κ2) is 39.1. The zero-order valence-electron chi connectivity index (χ0n) is 37.1. The van der Waals surface area contributed by atoms with Crippen LogP contribution in [-0.2, 0) is 14.3 Å². The van der Waals surface area contributed by atoms with Crippen LogP contribution in [0, 0.1) is 0 Å². The Bertz CT molecular complexity index is 904. The van der Waals surface area contributed by atoms with E-state index in [1.165, 1.54) is 167 Å². The second-order valence-electron chi connectivity index (χ2n) is 17.3. The lowest BCUT2D eigenvalue weighted by molar-refractivity contribution is -0.302. The van der Waals surface area contributed by atoms with Gasteiger partial charge in [-0.2, -0.15) is 0 Å². The van der Waals surface area contributed by atoms with Crippen LogP contribution in [0.3, 0.4) is 0 Å². The average Bonchev–Trinajstić information content (AvgIpc) is 3.21. The molecule has 1 saturated heterocycles. The van der Waals surface area contributed by atoms with Gasteiger partial charge in [0.2, 0.25) is 5.91 Å². The van der Waals surface area contributed by atoms with Crippen molar-refractivity contribution in [2.45, 2.75) is 275 Å². The minimum atomic E-state index is -1.55. The van der Waals surface area contributed by atoms with Crippen LogP contribution in [0.1, 0.15) is 232 Å². The summed E-state index contributed by atoms with van der Waals surface area (Å²) in [6.45, 7) is 3.83. The summed E-state index contributed by atoms with van der Waals surface area (Å²) in [6.07, 6.45) is 38.0. The van der Waals surface area contributed by atoms with Gasteiger partial charge in [-0.15, -0.1) is 0 Å². The Morgan fingerprint density at radius 2 is 0.982 bits per heavy atom. The highest BCUT2D eigenvalue weighted by Crippen LogP contribution is 2.23. The number of hydrogen-bond donors (Lipinski definition) is 6. The van der Waals surface area contributed by atoms with E-state index in [1.54, 1.807) is 0 Å². The molecule has 0 aromatic rings. The molecule has 0 aromatic carbocycles. The summed E-state index contributed by atoms with van der Waals surface area (Å²) in [6, 6.07) is -0.716. The molecule has 0 saturated carbocycles. The monoisotopic (exact) mass is 812 g/mol. The molecule has 1 heterocycles. The molecular weight excluding hydrogens is 719 g/mol. The average molecular weight is 812 g/mol. The maximum atomic E-state index is 13.0. The zero-order valence-corrected chi connectivity index (χ0v) is 37.1. The first kappa shape index (κ1) is 53.9. The molecule has 1 amide bonds. The minimum absolute atomic E-state index is 0.137. The Hall–Kier alpha value is -1.07. The molecule has 1 fully saturated rings. The van der Waals surface area contributed by atoms with Crippen LogP contribution in [0.25, 0.3) is 0 Å². The molecule has 9 nitrogen and oxygen atoms in total. The fourth-order valence-corrected chi connectivity index (χ4v) is 7.92. The summed E-state index contributed by atoms with van der Waals surface area (Å²) in [5.41, 5.74) is 0. The Labute approximate surface area is 350 Å². The molecule has 0 aliphatic carbocycles. The Morgan fingerprint density at radius 1 is 0.579 bits per heavy atom. The smallest absolute Gasteiger partial charge is 0.220 e. The summed E-state index contributed by atoms with van der Waals surface area (Å²) in [5, 5.41) is 54.3. The molecule has 0 bridgehead atoms. The van der Waals surface area contributed by atoms with E-state index in [-0.39, 0.29) is 12.5 Å². The molecule has 0 spiro atoms. The van der Waals surface area contributed by atoms with E-state index in [0.717, 1.165) is 38.5 Å². The number of allylic oxidation sites excluding steroid dienone is 2. The van der Waals surface area contributed by atoms with Crippen molar-refractivity contribution in [2.24, 2.45) is 0 Å². The molecule has 0 radical (unpaired) electrons. The number of nitrogens with one attached hydrogen (secondary N) is 1. The number of aliphatic hydroxyl groups is 5. The van der Waals surface area contributed by atoms with Crippen molar-refractivity contribution in [1.82, 2.24) is 5.32 Å². The molecule has 0 aromatic heterocycles.